The van der Waals surface area contributed by atoms with Gasteiger partial charge in [-0.2, -0.15) is 0 Å². The van der Waals surface area contributed by atoms with Crippen molar-refractivity contribution < 1.29 is 13.3 Å². The molecular weight excluding hydrogens is 366 g/mol. The highest BCUT2D eigenvalue weighted by Gasteiger charge is 2.14. The number of nitrogens with one attached hydrogen (secondary N) is 1. The lowest BCUT2D eigenvalue weighted by Gasteiger charge is -2.09. The third-order valence-corrected chi connectivity index (χ3v) is 5.12. The second-order valence-electron chi connectivity index (χ2n) is 6.02. The van der Waals surface area contributed by atoms with Crippen molar-refractivity contribution in [3.05, 3.63) is 99.9 Å². The fourth-order valence-electron chi connectivity index (χ4n) is 2.62. The molecule has 0 bridgehead atoms. The van der Waals surface area contributed by atoms with Crippen molar-refractivity contribution in [1.29, 1.82) is 0 Å². The van der Waals surface area contributed by atoms with Crippen LogP contribution < -0.4 is 4.72 Å². The van der Waals surface area contributed by atoms with Crippen molar-refractivity contribution in [3.8, 4) is 0 Å². The minimum Gasteiger partial charge on any atom is -0.283 e. The number of rotatable bonds is 7. The van der Waals surface area contributed by atoms with E-state index < -0.39 is 14.9 Å². The molecule has 8 heteroatoms. The summed E-state index contributed by atoms with van der Waals surface area (Å²) in [6.45, 7) is 0. The first-order valence-electron chi connectivity index (χ1n) is 8.13. The number of benzene rings is 2. The lowest BCUT2D eigenvalue weighted by atomic mass is 10.1. The molecule has 3 aromatic rings. The summed E-state index contributed by atoms with van der Waals surface area (Å²) >= 11 is 0. The first-order chi connectivity index (χ1) is 12.9. The molecule has 0 fully saturated rings. The topological polar surface area (TPSA) is 102 Å². The molecule has 0 unspecified atom stereocenters. The molecule has 2 aromatic carbocycles. The summed E-state index contributed by atoms with van der Waals surface area (Å²) in [5.74, 6) is -0.340. The van der Waals surface area contributed by atoms with Gasteiger partial charge in [0.25, 0.3) is 5.69 Å². The van der Waals surface area contributed by atoms with E-state index in [9.17, 15) is 18.5 Å². The Morgan fingerprint density at radius 2 is 1.59 bits per heavy atom. The number of hydrogen-bond donors (Lipinski definition) is 1. The van der Waals surface area contributed by atoms with E-state index in [0.29, 0.717) is 11.3 Å². The number of non-ortho nitro benzene ring substituents is 1. The molecule has 0 spiro atoms. The van der Waals surface area contributed by atoms with Crippen molar-refractivity contribution >= 4 is 21.4 Å². The van der Waals surface area contributed by atoms with E-state index in [4.69, 9.17) is 0 Å². The van der Waals surface area contributed by atoms with Crippen LogP contribution in [-0.4, -0.2) is 18.3 Å². The largest absolute Gasteiger partial charge is 0.283 e. The Morgan fingerprint density at radius 1 is 0.926 bits per heavy atom. The van der Waals surface area contributed by atoms with Crippen LogP contribution in [0.1, 0.15) is 16.7 Å². The van der Waals surface area contributed by atoms with Gasteiger partial charge in [0.15, 0.2) is 0 Å². The van der Waals surface area contributed by atoms with E-state index in [1.807, 2.05) is 24.3 Å². The zero-order valence-corrected chi connectivity index (χ0v) is 15.1. The maximum atomic E-state index is 12.3. The van der Waals surface area contributed by atoms with Gasteiger partial charge in [0.2, 0.25) is 10.0 Å². The molecule has 0 aliphatic carbocycles. The molecule has 0 aliphatic heterocycles. The number of anilines is 1. The summed E-state index contributed by atoms with van der Waals surface area (Å²) in [7, 11) is -3.68. The first-order valence-corrected chi connectivity index (χ1v) is 9.78. The Hall–Kier alpha value is -3.26. The summed E-state index contributed by atoms with van der Waals surface area (Å²) in [5.41, 5.74) is 2.82. The smallest absolute Gasteiger partial charge is 0.269 e. The zero-order chi connectivity index (χ0) is 19.3. The molecule has 0 atom stereocenters. The fourth-order valence-corrected chi connectivity index (χ4v) is 3.81. The second-order valence-corrected chi connectivity index (χ2v) is 7.74. The summed E-state index contributed by atoms with van der Waals surface area (Å²) in [5, 5.41) is 10.8. The van der Waals surface area contributed by atoms with Crippen LogP contribution in [0.15, 0.2) is 73.1 Å². The van der Waals surface area contributed by atoms with Crippen molar-refractivity contribution in [3.63, 3.8) is 0 Å². The average Bonchev–Trinajstić information content (AvgIpc) is 2.64. The van der Waals surface area contributed by atoms with Gasteiger partial charge in [-0.3, -0.25) is 19.8 Å². The van der Waals surface area contributed by atoms with E-state index >= 15 is 0 Å². The van der Waals surface area contributed by atoms with Crippen LogP contribution >= 0.6 is 0 Å². The normalized spacial score (nSPS) is 11.1. The number of nitro groups is 1. The highest BCUT2D eigenvalue weighted by molar-refractivity contribution is 7.91. The molecule has 27 heavy (non-hydrogen) atoms. The van der Waals surface area contributed by atoms with Crippen molar-refractivity contribution in [2.24, 2.45) is 0 Å². The second kappa shape index (κ2) is 7.96. The van der Waals surface area contributed by atoms with Crippen molar-refractivity contribution in [2.45, 2.75) is 12.2 Å². The zero-order valence-electron chi connectivity index (χ0n) is 14.3. The third-order valence-electron chi connectivity index (χ3n) is 3.86. The minimum absolute atomic E-state index is 0.136. The lowest BCUT2D eigenvalue weighted by molar-refractivity contribution is -0.384. The molecule has 0 saturated heterocycles. The Balaban J connectivity index is 1.67. The Bertz CT molecular complexity index is 1040. The molecule has 1 aromatic heterocycles. The molecule has 3 rings (SSSR count). The monoisotopic (exact) mass is 383 g/mol. The van der Waals surface area contributed by atoms with E-state index in [1.165, 1.54) is 18.2 Å². The number of pyridine rings is 1. The maximum absolute atomic E-state index is 12.3. The van der Waals surface area contributed by atoms with Gasteiger partial charge in [0, 0.05) is 30.2 Å². The van der Waals surface area contributed by atoms with Gasteiger partial charge in [-0.25, -0.2) is 8.42 Å². The van der Waals surface area contributed by atoms with E-state index in [0.717, 1.165) is 17.5 Å². The first kappa shape index (κ1) is 18.5. The Labute approximate surface area is 156 Å². The SMILES string of the molecule is O=[N+]([O-])c1cccc(CS(=O)(=O)Nc2ccc(Cc3ccncc3)cc2)c1. The highest BCUT2D eigenvalue weighted by atomic mass is 32.2. The number of sulfonamides is 1. The molecular formula is C19H17N3O4S. The Morgan fingerprint density at radius 3 is 2.26 bits per heavy atom. The molecule has 1 N–H and O–H groups in total. The van der Waals surface area contributed by atoms with E-state index in [1.54, 1.807) is 30.6 Å². The fraction of sp³-hybridized carbons (Fsp3) is 0.105. The van der Waals surface area contributed by atoms with Gasteiger partial charge >= 0.3 is 0 Å². The van der Waals surface area contributed by atoms with Gasteiger partial charge < -0.3 is 0 Å². The van der Waals surface area contributed by atoms with Gasteiger partial charge in [-0.15, -0.1) is 0 Å². The minimum atomic E-state index is -3.68. The van der Waals surface area contributed by atoms with Gasteiger partial charge in [-0.1, -0.05) is 24.3 Å². The van der Waals surface area contributed by atoms with Crippen LogP contribution in [0.3, 0.4) is 0 Å². The number of nitrogens with zero attached hydrogens (tertiary/aromatic N) is 2. The van der Waals surface area contributed by atoms with Crippen LogP contribution in [0.2, 0.25) is 0 Å². The quantitative estimate of drug-likeness (QED) is 0.497. The van der Waals surface area contributed by atoms with Gasteiger partial charge in [0.05, 0.1) is 10.7 Å². The predicted octanol–water partition coefficient (Wildman–Crippen LogP) is 3.52. The van der Waals surface area contributed by atoms with Gasteiger partial charge in [-0.05, 0) is 47.4 Å². The molecule has 0 aliphatic rings. The van der Waals surface area contributed by atoms with Crippen molar-refractivity contribution in [2.75, 3.05) is 4.72 Å². The molecule has 0 radical (unpaired) electrons. The summed E-state index contributed by atoms with van der Waals surface area (Å²) in [6.07, 6.45) is 4.18. The number of hydrogen-bond acceptors (Lipinski definition) is 5. The van der Waals surface area contributed by atoms with E-state index in [-0.39, 0.29) is 11.4 Å². The van der Waals surface area contributed by atoms with Gasteiger partial charge in [0.1, 0.15) is 0 Å². The summed E-state index contributed by atoms with van der Waals surface area (Å²) < 4.78 is 27.2. The molecule has 1 heterocycles. The number of aromatic nitrogens is 1. The predicted molar refractivity (Wildman–Crippen MR) is 103 cm³/mol. The summed E-state index contributed by atoms with van der Waals surface area (Å²) in [4.78, 5) is 14.2. The van der Waals surface area contributed by atoms with Crippen LogP contribution in [0.25, 0.3) is 0 Å². The maximum Gasteiger partial charge on any atom is 0.269 e. The molecule has 0 saturated carbocycles. The Kier molecular flexibility index (Phi) is 5.46. The highest BCUT2D eigenvalue weighted by Crippen LogP contribution is 2.18. The van der Waals surface area contributed by atoms with Crippen molar-refractivity contribution in [1.82, 2.24) is 4.98 Å². The number of nitro benzene ring substituents is 1. The van der Waals surface area contributed by atoms with Crippen LogP contribution in [0.4, 0.5) is 11.4 Å². The molecule has 7 nitrogen and oxygen atoms in total. The van der Waals surface area contributed by atoms with Crippen LogP contribution in [0.5, 0.6) is 0 Å². The van der Waals surface area contributed by atoms with Crippen LogP contribution in [0, 0.1) is 10.1 Å². The third kappa shape index (κ3) is 5.35. The van der Waals surface area contributed by atoms with Crippen LogP contribution in [-0.2, 0) is 22.2 Å². The standard InChI is InChI=1S/C19H17N3O4S/c23-22(24)19-3-1-2-17(13-19)14-27(25,26)21-18-6-4-15(5-7-18)12-16-8-10-20-11-9-16/h1-11,13,21H,12,14H2. The lowest BCUT2D eigenvalue weighted by Crippen LogP contribution is -2.15. The molecule has 0 amide bonds. The summed E-state index contributed by atoms with van der Waals surface area (Å²) in [6, 6.07) is 16.6. The molecule has 138 valence electrons. The average molecular weight is 383 g/mol. The van der Waals surface area contributed by atoms with E-state index in [2.05, 4.69) is 9.71 Å².